The Morgan fingerprint density at radius 2 is 1.66 bits per heavy atom. The Bertz CT molecular complexity index is 1610. The van der Waals surface area contributed by atoms with Gasteiger partial charge in [0.1, 0.15) is 5.60 Å². The minimum absolute atomic E-state index is 0.200. The lowest BCUT2D eigenvalue weighted by Crippen LogP contribution is -2.51. The van der Waals surface area contributed by atoms with Crippen molar-refractivity contribution in [1.29, 1.82) is 0 Å². The second-order valence-corrected chi connectivity index (χ2v) is 15.3. The molecule has 1 fully saturated rings. The van der Waals surface area contributed by atoms with Gasteiger partial charge in [0.05, 0.1) is 24.6 Å². The van der Waals surface area contributed by atoms with Crippen molar-refractivity contribution in [2.24, 2.45) is 0 Å². The molecule has 2 aliphatic heterocycles. The van der Waals surface area contributed by atoms with Crippen molar-refractivity contribution in [3.63, 3.8) is 0 Å². The lowest BCUT2D eigenvalue weighted by Gasteiger charge is -2.36. The predicted molar refractivity (Wildman–Crippen MR) is 172 cm³/mol. The highest BCUT2D eigenvalue weighted by Gasteiger charge is 2.31. The van der Waals surface area contributed by atoms with E-state index in [2.05, 4.69) is 4.90 Å². The number of aliphatic hydroxyl groups excluding tert-OH is 1. The zero-order valence-corrected chi connectivity index (χ0v) is 27.8. The van der Waals surface area contributed by atoms with Crippen LogP contribution in [0.2, 0.25) is 10.0 Å². The average Bonchev–Trinajstić information content (AvgIpc) is 3.30. The normalized spacial score (nSPS) is 17.4. The Hall–Kier alpha value is -2.67. The van der Waals surface area contributed by atoms with Crippen molar-refractivity contribution in [2.75, 3.05) is 45.5 Å². The molecule has 3 heterocycles. The van der Waals surface area contributed by atoms with E-state index in [4.69, 9.17) is 33.0 Å². The first-order valence-corrected chi connectivity index (χ1v) is 17.3. The van der Waals surface area contributed by atoms with Gasteiger partial charge in [-0.15, -0.1) is 0 Å². The highest BCUT2D eigenvalue weighted by Crippen LogP contribution is 2.36. The summed E-state index contributed by atoms with van der Waals surface area (Å²) in [5, 5.41) is 17.3. The third kappa shape index (κ3) is 7.75. The van der Waals surface area contributed by atoms with Gasteiger partial charge in [-0.1, -0.05) is 41.4 Å². The number of aromatic nitrogens is 2. The number of hydrogen-bond acceptors (Lipinski definition) is 7. The SMILES string of the molecule is CC(C)(C)OC(=O)N1CCN(CC(O)Cn2nc(-c3ccc(Cl)c(-c4ccc(Cl)cc4)c3)c3c2CCN(S(C)(=O)=O)C3)CC1. The standard InChI is InChI=1S/C31H39Cl2N5O5S/c1-31(2,3)43-30(40)36-15-13-35(14-16-36)18-24(39)19-38-28-11-12-37(44(4,41)42)20-26(28)29(34-38)22-7-10-27(33)25(17-22)21-5-8-23(32)9-6-21/h5-10,17,24,39H,11-16,18-20H2,1-4H3. The average molecular weight is 665 g/mol. The Balaban J connectivity index is 1.36. The molecule has 0 radical (unpaired) electrons. The minimum Gasteiger partial charge on any atom is -0.444 e. The molecule has 44 heavy (non-hydrogen) atoms. The van der Waals surface area contributed by atoms with E-state index >= 15 is 0 Å². The molecule has 238 valence electrons. The van der Waals surface area contributed by atoms with E-state index in [0.717, 1.165) is 27.9 Å². The molecule has 1 N–H and O–H groups in total. The van der Waals surface area contributed by atoms with Crippen LogP contribution in [-0.2, 0) is 34.3 Å². The summed E-state index contributed by atoms with van der Waals surface area (Å²) in [5.41, 5.74) is 4.37. The summed E-state index contributed by atoms with van der Waals surface area (Å²) >= 11 is 12.7. The van der Waals surface area contributed by atoms with Gasteiger partial charge in [-0.3, -0.25) is 9.58 Å². The van der Waals surface area contributed by atoms with Crippen LogP contribution in [0.1, 0.15) is 32.0 Å². The van der Waals surface area contributed by atoms with E-state index in [9.17, 15) is 18.3 Å². The molecule has 0 aliphatic carbocycles. The predicted octanol–water partition coefficient (Wildman–Crippen LogP) is 4.76. The van der Waals surface area contributed by atoms with Crippen LogP contribution >= 0.6 is 23.2 Å². The topological polar surface area (TPSA) is 108 Å². The molecule has 0 bridgehead atoms. The van der Waals surface area contributed by atoms with Crippen LogP contribution in [-0.4, -0.2) is 101 Å². The van der Waals surface area contributed by atoms with Gasteiger partial charge >= 0.3 is 6.09 Å². The number of nitrogens with zero attached hydrogens (tertiary/aromatic N) is 5. The number of halogens is 2. The van der Waals surface area contributed by atoms with Crippen molar-refractivity contribution in [3.8, 4) is 22.4 Å². The maximum Gasteiger partial charge on any atom is 0.410 e. The quantitative estimate of drug-likeness (QED) is 0.389. The molecule has 1 atom stereocenters. The fraction of sp³-hybridized carbons (Fsp3) is 0.484. The number of fused-ring (bicyclic) bond motifs is 1. The Morgan fingerprint density at radius 3 is 2.30 bits per heavy atom. The van der Waals surface area contributed by atoms with E-state index < -0.39 is 21.7 Å². The van der Waals surface area contributed by atoms with Crippen LogP contribution < -0.4 is 0 Å². The first kappa shape index (κ1) is 32.7. The number of carbonyl (C=O) groups excluding carboxylic acids is 1. The van der Waals surface area contributed by atoms with E-state index in [1.54, 1.807) is 17.0 Å². The van der Waals surface area contributed by atoms with Gasteiger partial charge in [-0.2, -0.15) is 9.40 Å². The van der Waals surface area contributed by atoms with Crippen molar-refractivity contribution >= 4 is 39.3 Å². The molecular weight excluding hydrogens is 625 g/mol. The summed E-state index contributed by atoms with van der Waals surface area (Å²) in [4.78, 5) is 16.3. The maximum atomic E-state index is 12.5. The minimum atomic E-state index is -3.41. The number of benzene rings is 2. The van der Waals surface area contributed by atoms with Gasteiger partial charge in [0.15, 0.2) is 0 Å². The van der Waals surface area contributed by atoms with E-state index in [-0.39, 0.29) is 19.2 Å². The number of sulfonamides is 1. The molecule has 2 aliphatic rings. The highest BCUT2D eigenvalue weighted by molar-refractivity contribution is 7.88. The number of piperazine rings is 1. The molecule has 10 nitrogen and oxygen atoms in total. The summed E-state index contributed by atoms with van der Waals surface area (Å²) in [6.45, 7) is 9.06. The lowest BCUT2D eigenvalue weighted by molar-refractivity contribution is 0.00913. The van der Waals surface area contributed by atoms with Crippen LogP contribution in [0.5, 0.6) is 0 Å². The van der Waals surface area contributed by atoms with Crippen molar-refractivity contribution in [2.45, 2.75) is 52.0 Å². The van der Waals surface area contributed by atoms with Crippen molar-refractivity contribution < 1.29 is 23.1 Å². The van der Waals surface area contributed by atoms with Crippen LogP contribution in [0.25, 0.3) is 22.4 Å². The Morgan fingerprint density at radius 1 is 1.00 bits per heavy atom. The molecule has 3 aromatic rings. The Kier molecular flexibility index (Phi) is 9.65. The third-order valence-corrected chi connectivity index (χ3v) is 9.67. The number of amides is 1. The molecule has 1 unspecified atom stereocenters. The monoisotopic (exact) mass is 663 g/mol. The number of hydrogen-bond donors (Lipinski definition) is 1. The third-order valence-electron chi connectivity index (χ3n) is 7.84. The molecular formula is C31H39Cl2N5O5S. The summed E-state index contributed by atoms with van der Waals surface area (Å²) in [7, 11) is -3.41. The van der Waals surface area contributed by atoms with Crippen molar-refractivity contribution in [1.82, 2.24) is 23.9 Å². The molecule has 1 saturated heterocycles. The van der Waals surface area contributed by atoms with Crippen LogP contribution in [0.15, 0.2) is 42.5 Å². The van der Waals surface area contributed by atoms with E-state index in [1.807, 2.05) is 55.8 Å². The molecule has 1 amide bonds. The zero-order chi connectivity index (χ0) is 31.8. The fourth-order valence-electron chi connectivity index (χ4n) is 5.65. The highest BCUT2D eigenvalue weighted by atomic mass is 35.5. The molecule has 1 aromatic heterocycles. The second-order valence-electron chi connectivity index (χ2n) is 12.4. The largest absolute Gasteiger partial charge is 0.444 e. The maximum absolute atomic E-state index is 12.5. The number of rotatable bonds is 7. The van der Waals surface area contributed by atoms with Gasteiger partial charge < -0.3 is 14.7 Å². The molecule has 2 aromatic carbocycles. The summed E-state index contributed by atoms with van der Waals surface area (Å²) < 4.78 is 33.7. The smallest absolute Gasteiger partial charge is 0.410 e. The molecule has 5 rings (SSSR count). The van der Waals surface area contributed by atoms with Gasteiger partial charge in [-0.25, -0.2) is 13.2 Å². The van der Waals surface area contributed by atoms with E-state index in [1.165, 1.54) is 10.6 Å². The van der Waals surface area contributed by atoms with Crippen LogP contribution in [0.4, 0.5) is 4.79 Å². The van der Waals surface area contributed by atoms with Gasteiger partial charge in [0, 0.05) is 84.7 Å². The molecule has 13 heteroatoms. The zero-order valence-electron chi connectivity index (χ0n) is 25.5. The molecule has 0 saturated carbocycles. The van der Waals surface area contributed by atoms with E-state index in [0.29, 0.717) is 61.4 Å². The van der Waals surface area contributed by atoms with Gasteiger partial charge in [-0.05, 0) is 50.6 Å². The fourth-order valence-corrected chi connectivity index (χ4v) is 6.79. The van der Waals surface area contributed by atoms with Crippen LogP contribution in [0, 0.1) is 0 Å². The molecule has 0 spiro atoms. The Labute approximate surface area is 269 Å². The van der Waals surface area contributed by atoms with Crippen LogP contribution in [0.3, 0.4) is 0 Å². The number of aliphatic hydroxyl groups is 1. The summed E-state index contributed by atoms with van der Waals surface area (Å²) in [6.07, 6.45) is 0.657. The van der Waals surface area contributed by atoms with Gasteiger partial charge in [0.25, 0.3) is 0 Å². The summed E-state index contributed by atoms with van der Waals surface area (Å²) in [5.74, 6) is 0. The summed E-state index contributed by atoms with van der Waals surface area (Å²) in [6, 6.07) is 13.1. The second kappa shape index (κ2) is 13.0. The first-order chi connectivity index (χ1) is 20.7. The lowest BCUT2D eigenvalue weighted by atomic mass is 9.98. The number of carbonyl (C=O) groups is 1. The first-order valence-electron chi connectivity index (χ1n) is 14.7. The van der Waals surface area contributed by atoms with Crippen molar-refractivity contribution in [3.05, 3.63) is 63.8 Å². The number of β-amino-alcohol motifs (C(OH)–C–C–N with tert-alkyl or cyclic N) is 1. The van der Waals surface area contributed by atoms with Gasteiger partial charge in [0.2, 0.25) is 10.0 Å². The number of ether oxygens (including phenoxy) is 1.